The minimum absolute atomic E-state index is 0.115. The molecule has 0 unspecified atom stereocenters. The molecule has 0 radical (unpaired) electrons. The first kappa shape index (κ1) is 20.9. The van der Waals surface area contributed by atoms with Crippen molar-refractivity contribution >= 4 is 28.9 Å². The van der Waals surface area contributed by atoms with Crippen molar-refractivity contribution in [2.45, 2.75) is 0 Å². The number of benzene rings is 3. The van der Waals surface area contributed by atoms with E-state index in [1.54, 1.807) is 74.8 Å². The molecular formula is C23H22FN3O3. The second kappa shape index (κ2) is 9.56. The van der Waals surface area contributed by atoms with Crippen LogP contribution in [0.2, 0.25) is 0 Å². The van der Waals surface area contributed by atoms with Crippen LogP contribution in [0.1, 0.15) is 10.4 Å². The van der Waals surface area contributed by atoms with Crippen LogP contribution in [0.5, 0.6) is 5.75 Å². The first-order valence-electron chi connectivity index (χ1n) is 9.27. The fourth-order valence-corrected chi connectivity index (χ4v) is 2.84. The summed E-state index contributed by atoms with van der Waals surface area (Å²) in [5.74, 6) is -0.289. The van der Waals surface area contributed by atoms with Crippen LogP contribution in [0, 0.1) is 5.82 Å². The van der Waals surface area contributed by atoms with Crippen molar-refractivity contribution < 1.29 is 18.7 Å². The Balaban J connectivity index is 1.66. The van der Waals surface area contributed by atoms with E-state index in [0.717, 1.165) is 0 Å². The molecule has 7 heteroatoms. The number of nitrogens with one attached hydrogen (secondary N) is 2. The van der Waals surface area contributed by atoms with Crippen LogP contribution in [-0.2, 0) is 4.79 Å². The Morgan fingerprint density at radius 2 is 1.57 bits per heavy atom. The first-order chi connectivity index (χ1) is 14.5. The van der Waals surface area contributed by atoms with Gasteiger partial charge in [0.05, 0.1) is 24.9 Å². The third kappa shape index (κ3) is 5.35. The first-order valence-corrected chi connectivity index (χ1v) is 9.27. The number of carbonyl (C=O) groups is 2. The molecule has 3 aromatic rings. The SMILES string of the molecule is COc1ccc(NC(=O)CN(C)C(=O)c2ccccc2Nc2ccc(F)cc2)cc1. The molecule has 0 saturated heterocycles. The van der Waals surface area contributed by atoms with Crippen molar-refractivity contribution in [3.8, 4) is 5.75 Å². The fourth-order valence-electron chi connectivity index (χ4n) is 2.84. The molecule has 0 heterocycles. The van der Waals surface area contributed by atoms with Gasteiger partial charge in [-0.05, 0) is 60.7 Å². The molecule has 0 atom stereocenters. The van der Waals surface area contributed by atoms with Crippen molar-refractivity contribution in [1.82, 2.24) is 4.90 Å². The number of ether oxygens (including phenoxy) is 1. The zero-order chi connectivity index (χ0) is 21.5. The predicted molar refractivity (Wildman–Crippen MR) is 115 cm³/mol. The number of para-hydroxylation sites is 1. The summed E-state index contributed by atoms with van der Waals surface area (Å²) < 4.78 is 18.2. The highest BCUT2D eigenvalue weighted by atomic mass is 19.1. The summed E-state index contributed by atoms with van der Waals surface area (Å²) in [5.41, 5.74) is 2.23. The smallest absolute Gasteiger partial charge is 0.256 e. The van der Waals surface area contributed by atoms with Crippen LogP contribution in [0.25, 0.3) is 0 Å². The summed E-state index contributed by atoms with van der Waals surface area (Å²) in [4.78, 5) is 26.6. The third-order valence-corrected chi connectivity index (χ3v) is 4.38. The molecule has 3 rings (SSSR count). The van der Waals surface area contributed by atoms with Crippen LogP contribution < -0.4 is 15.4 Å². The van der Waals surface area contributed by atoms with Crippen molar-refractivity contribution in [3.05, 3.63) is 84.2 Å². The minimum Gasteiger partial charge on any atom is -0.497 e. The fraction of sp³-hybridized carbons (Fsp3) is 0.130. The maximum Gasteiger partial charge on any atom is 0.256 e. The molecule has 0 aliphatic heterocycles. The van der Waals surface area contributed by atoms with Gasteiger partial charge in [-0.2, -0.15) is 0 Å². The molecule has 0 aromatic heterocycles. The Bertz CT molecular complexity index is 1020. The number of likely N-dealkylation sites (N-methyl/N-ethyl adjacent to an activating group) is 1. The summed E-state index contributed by atoms with van der Waals surface area (Å²) in [6, 6.07) is 19.7. The van der Waals surface area contributed by atoms with E-state index in [4.69, 9.17) is 4.74 Å². The van der Waals surface area contributed by atoms with Gasteiger partial charge in [0.15, 0.2) is 0 Å². The largest absolute Gasteiger partial charge is 0.497 e. The van der Waals surface area contributed by atoms with E-state index in [0.29, 0.717) is 28.4 Å². The summed E-state index contributed by atoms with van der Waals surface area (Å²) in [5, 5.41) is 5.86. The maximum absolute atomic E-state index is 13.1. The molecule has 0 saturated carbocycles. The van der Waals surface area contributed by atoms with E-state index in [1.807, 2.05) is 0 Å². The average Bonchev–Trinajstić information content (AvgIpc) is 2.75. The number of carbonyl (C=O) groups excluding carboxylic acids is 2. The Labute approximate surface area is 174 Å². The van der Waals surface area contributed by atoms with Gasteiger partial charge in [0.2, 0.25) is 5.91 Å². The van der Waals surface area contributed by atoms with Gasteiger partial charge in [0.25, 0.3) is 5.91 Å². The van der Waals surface area contributed by atoms with Crippen molar-refractivity contribution in [2.75, 3.05) is 31.3 Å². The standard InChI is InChI=1S/C23H22FN3O3/c1-27(15-22(28)26-18-11-13-19(30-2)14-12-18)23(29)20-5-3-4-6-21(20)25-17-9-7-16(24)8-10-17/h3-14,25H,15H2,1-2H3,(H,26,28). The second-order valence-corrected chi connectivity index (χ2v) is 6.62. The number of hydrogen-bond acceptors (Lipinski definition) is 4. The highest BCUT2D eigenvalue weighted by Gasteiger charge is 2.18. The molecule has 0 bridgehead atoms. The van der Waals surface area contributed by atoms with Crippen LogP contribution >= 0.6 is 0 Å². The van der Waals surface area contributed by atoms with Crippen LogP contribution in [0.15, 0.2) is 72.8 Å². The molecule has 0 fully saturated rings. The van der Waals surface area contributed by atoms with Crippen molar-refractivity contribution in [1.29, 1.82) is 0 Å². The Morgan fingerprint density at radius 3 is 2.23 bits per heavy atom. The number of amides is 2. The average molecular weight is 407 g/mol. The molecule has 154 valence electrons. The Kier molecular flexibility index (Phi) is 6.64. The summed E-state index contributed by atoms with van der Waals surface area (Å²) in [6.45, 7) is -0.115. The zero-order valence-electron chi connectivity index (χ0n) is 16.7. The lowest BCUT2D eigenvalue weighted by Gasteiger charge is -2.19. The molecule has 0 aliphatic carbocycles. The molecule has 2 amide bonds. The van der Waals surface area contributed by atoms with Gasteiger partial charge in [0, 0.05) is 18.4 Å². The van der Waals surface area contributed by atoms with E-state index >= 15 is 0 Å². The summed E-state index contributed by atoms with van der Waals surface area (Å²) >= 11 is 0. The van der Waals surface area contributed by atoms with E-state index in [-0.39, 0.29) is 24.2 Å². The lowest BCUT2D eigenvalue weighted by molar-refractivity contribution is -0.116. The Hall–Kier alpha value is -3.87. The van der Waals surface area contributed by atoms with Crippen molar-refractivity contribution in [3.63, 3.8) is 0 Å². The van der Waals surface area contributed by atoms with Gasteiger partial charge in [-0.25, -0.2) is 4.39 Å². The zero-order valence-corrected chi connectivity index (χ0v) is 16.7. The molecule has 6 nitrogen and oxygen atoms in total. The molecular weight excluding hydrogens is 385 g/mol. The summed E-state index contributed by atoms with van der Waals surface area (Å²) in [7, 11) is 3.13. The van der Waals surface area contributed by atoms with E-state index < -0.39 is 0 Å². The predicted octanol–water partition coefficient (Wildman–Crippen LogP) is 4.29. The topological polar surface area (TPSA) is 70.7 Å². The molecule has 30 heavy (non-hydrogen) atoms. The quantitative estimate of drug-likeness (QED) is 0.613. The number of hydrogen-bond donors (Lipinski definition) is 2. The molecule has 2 N–H and O–H groups in total. The van der Waals surface area contributed by atoms with Crippen LogP contribution in [0.3, 0.4) is 0 Å². The van der Waals surface area contributed by atoms with E-state index in [1.165, 1.54) is 17.0 Å². The Morgan fingerprint density at radius 1 is 0.933 bits per heavy atom. The maximum atomic E-state index is 13.1. The second-order valence-electron chi connectivity index (χ2n) is 6.62. The number of halogens is 1. The number of anilines is 3. The van der Waals surface area contributed by atoms with Gasteiger partial charge in [-0.15, -0.1) is 0 Å². The number of nitrogens with zero attached hydrogens (tertiary/aromatic N) is 1. The normalized spacial score (nSPS) is 10.2. The highest BCUT2D eigenvalue weighted by molar-refractivity contribution is 6.03. The third-order valence-electron chi connectivity index (χ3n) is 4.38. The van der Waals surface area contributed by atoms with Crippen molar-refractivity contribution in [2.24, 2.45) is 0 Å². The van der Waals surface area contributed by atoms with Gasteiger partial charge in [-0.3, -0.25) is 9.59 Å². The van der Waals surface area contributed by atoms with Crippen LogP contribution in [-0.4, -0.2) is 37.4 Å². The van der Waals surface area contributed by atoms with Gasteiger partial charge < -0.3 is 20.3 Å². The monoisotopic (exact) mass is 407 g/mol. The van der Waals surface area contributed by atoms with Gasteiger partial charge in [0.1, 0.15) is 11.6 Å². The highest BCUT2D eigenvalue weighted by Crippen LogP contribution is 2.22. The number of methoxy groups -OCH3 is 1. The molecule has 3 aromatic carbocycles. The summed E-state index contributed by atoms with van der Waals surface area (Å²) in [6.07, 6.45) is 0. The minimum atomic E-state index is -0.340. The van der Waals surface area contributed by atoms with E-state index in [9.17, 15) is 14.0 Å². The lowest BCUT2D eigenvalue weighted by atomic mass is 10.1. The van der Waals surface area contributed by atoms with Gasteiger partial charge in [-0.1, -0.05) is 12.1 Å². The molecule has 0 aliphatic rings. The van der Waals surface area contributed by atoms with E-state index in [2.05, 4.69) is 10.6 Å². The molecule has 0 spiro atoms. The van der Waals surface area contributed by atoms with Gasteiger partial charge >= 0.3 is 0 Å². The van der Waals surface area contributed by atoms with Crippen LogP contribution in [0.4, 0.5) is 21.5 Å². The number of rotatable bonds is 7. The lowest BCUT2D eigenvalue weighted by Crippen LogP contribution is -2.35.